The molecule has 3 heterocycles. The number of likely N-dealkylation sites (N-methyl/N-ethyl adjacent to an activating group) is 1. The van der Waals surface area contributed by atoms with Gasteiger partial charge < -0.3 is 14.8 Å². The van der Waals surface area contributed by atoms with Crippen LogP contribution in [-0.4, -0.2) is 52.2 Å². The Morgan fingerprint density at radius 1 is 1.46 bits per heavy atom. The van der Waals surface area contributed by atoms with E-state index in [1.165, 1.54) is 0 Å². The molecule has 0 bridgehead atoms. The number of nitrogens with zero attached hydrogens (tertiary/aromatic N) is 5. The van der Waals surface area contributed by atoms with Crippen LogP contribution in [0.5, 0.6) is 0 Å². The molecule has 24 heavy (non-hydrogen) atoms. The van der Waals surface area contributed by atoms with Gasteiger partial charge in [-0.15, -0.1) is 5.10 Å². The van der Waals surface area contributed by atoms with Crippen LogP contribution < -0.4 is 4.90 Å². The maximum atomic E-state index is 12.6. The number of carbonyl (C=O) groups is 1. The largest absolute Gasteiger partial charge is 0.356 e. The maximum absolute atomic E-state index is 12.6. The monoisotopic (exact) mass is 324 g/mol. The van der Waals surface area contributed by atoms with Gasteiger partial charge in [-0.25, -0.2) is 0 Å². The van der Waals surface area contributed by atoms with Gasteiger partial charge in [-0.2, -0.15) is 10.4 Å². The van der Waals surface area contributed by atoms with Crippen molar-refractivity contribution in [2.45, 2.75) is 25.8 Å². The van der Waals surface area contributed by atoms with Gasteiger partial charge in [0.05, 0.1) is 11.3 Å². The van der Waals surface area contributed by atoms with E-state index < -0.39 is 0 Å². The number of hydrogen-bond acceptors (Lipinski definition) is 5. The highest BCUT2D eigenvalue weighted by Crippen LogP contribution is 2.21. The summed E-state index contributed by atoms with van der Waals surface area (Å²) in [6.07, 6.45) is 3.49. The smallest absolute Gasteiger partial charge is 0.270 e. The van der Waals surface area contributed by atoms with Crippen LogP contribution in [0.4, 0.5) is 5.82 Å². The lowest BCUT2D eigenvalue weighted by molar-refractivity contribution is 0.0712. The molecule has 1 saturated heterocycles. The van der Waals surface area contributed by atoms with Gasteiger partial charge in [-0.1, -0.05) is 0 Å². The van der Waals surface area contributed by atoms with Crippen LogP contribution in [0.2, 0.25) is 0 Å². The average Bonchev–Trinajstić information content (AvgIpc) is 3.10. The van der Waals surface area contributed by atoms with E-state index >= 15 is 0 Å². The number of aryl methyl sites for hydroxylation is 1. The zero-order valence-corrected chi connectivity index (χ0v) is 13.9. The molecule has 1 aliphatic rings. The van der Waals surface area contributed by atoms with Crippen molar-refractivity contribution in [3.8, 4) is 6.07 Å². The Morgan fingerprint density at radius 3 is 2.96 bits per heavy atom. The molecule has 1 aliphatic heterocycles. The summed E-state index contributed by atoms with van der Waals surface area (Å²) in [5.74, 6) is 0.746. The van der Waals surface area contributed by atoms with Crippen LogP contribution in [0.1, 0.15) is 34.6 Å². The number of anilines is 1. The Kier molecular flexibility index (Phi) is 4.47. The second-order valence-electron chi connectivity index (χ2n) is 6.10. The predicted molar refractivity (Wildman–Crippen MR) is 89.6 cm³/mol. The van der Waals surface area contributed by atoms with Crippen LogP contribution >= 0.6 is 0 Å². The number of H-pyrrole nitrogens is 1. The second-order valence-corrected chi connectivity index (χ2v) is 6.10. The van der Waals surface area contributed by atoms with Crippen molar-refractivity contribution in [1.82, 2.24) is 20.1 Å². The van der Waals surface area contributed by atoms with Crippen LogP contribution in [0.25, 0.3) is 0 Å². The van der Waals surface area contributed by atoms with E-state index in [1.54, 1.807) is 17.2 Å². The van der Waals surface area contributed by atoms with Crippen molar-refractivity contribution < 1.29 is 4.79 Å². The Hall–Kier alpha value is -2.88. The molecule has 1 amide bonds. The van der Waals surface area contributed by atoms with Gasteiger partial charge in [-0.3, -0.25) is 4.79 Å². The minimum Gasteiger partial charge on any atom is -0.356 e. The van der Waals surface area contributed by atoms with Gasteiger partial charge in [0.25, 0.3) is 5.91 Å². The van der Waals surface area contributed by atoms with Gasteiger partial charge in [0.1, 0.15) is 11.8 Å². The molecule has 1 atom stereocenters. The van der Waals surface area contributed by atoms with Gasteiger partial charge in [0.2, 0.25) is 0 Å². The van der Waals surface area contributed by atoms with E-state index in [4.69, 9.17) is 5.26 Å². The standard InChI is InChI=1S/C17H20N6O/c1-12-5-6-16(21-20-12)23-7-3-4-14(11-23)22(2)17(24)15-8-13(9-18)10-19-15/h5-6,8,10,14,19H,3-4,7,11H2,1-2H3. The summed E-state index contributed by atoms with van der Waals surface area (Å²) in [6.45, 7) is 3.55. The fourth-order valence-electron chi connectivity index (χ4n) is 2.98. The van der Waals surface area contributed by atoms with Gasteiger partial charge in [0, 0.05) is 32.4 Å². The molecule has 7 heteroatoms. The first kappa shape index (κ1) is 16.0. The average molecular weight is 324 g/mol. The zero-order chi connectivity index (χ0) is 17.1. The number of aromatic amines is 1. The van der Waals surface area contributed by atoms with E-state index in [9.17, 15) is 4.79 Å². The molecule has 2 aromatic heterocycles. The first-order valence-corrected chi connectivity index (χ1v) is 7.99. The summed E-state index contributed by atoms with van der Waals surface area (Å²) in [5, 5.41) is 17.2. The van der Waals surface area contributed by atoms with Crippen molar-refractivity contribution in [2.75, 3.05) is 25.0 Å². The molecule has 1 fully saturated rings. The number of aromatic nitrogens is 3. The quantitative estimate of drug-likeness (QED) is 0.928. The summed E-state index contributed by atoms with van der Waals surface area (Å²) in [7, 11) is 1.81. The summed E-state index contributed by atoms with van der Waals surface area (Å²) < 4.78 is 0. The van der Waals surface area contributed by atoms with E-state index in [2.05, 4.69) is 20.1 Å². The molecule has 7 nitrogen and oxygen atoms in total. The highest BCUT2D eigenvalue weighted by molar-refractivity contribution is 5.93. The fraction of sp³-hybridized carbons (Fsp3) is 0.412. The van der Waals surface area contributed by atoms with Crippen molar-refractivity contribution >= 4 is 11.7 Å². The second kappa shape index (κ2) is 6.71. The third-order valence-electron chi connectivity index (χ3n) is 4.41. The van der Waals surface area contributed by atoms with E-state index in [1.807, 2.05) is 32.2 Å². The van der Waals surface area contributed by atoms with E-state index in [0.29, 0.717) is 11.3 Å². The number of nitriles is 1. The van der Waals surface area contributed by atoms with Gasteiger partial charge >= 0.3 is 0 Å². The zero-order valence-electron chi connectivity index (χ0n) is 13.9. The molecular weight excluding hydrogens is 304 g/mol. The first-order valence-electron chi connectivity index (χ1n) is 7.99. The van der Waals surface area contributed by atoms with Crippen molar-refractivity contribution in [2.24, 2.45) is 0 Å². The topological polar surface area (TPSA) is 88.9 Å². The molecule has 0 radical (unpaired) electrons. The summed E-state index contributed by atoms with van der Waals surface area (Å²) in [6, 6.07) is 7.63. The molecule has 3 rings (SSSR count). The molecule has 1 N–H and O–H groups in total. The maximum Gasteiger partial charge on any atom is 0.270 e. The minimum absolute atomic E-state index is 0.0988. The molecular formula is C17H20N6O. The van der Waals surface area contributed by atoms with E-state index in [0.717, 1.165) is 37.4 Å². The van der Waals surface area contributed by atoms with Gasteiger partial charge in [-0.05, 0) is 38.0 Å². The summed E-state index contributed by atoms with van der Waals surface area (Å²) >= 11 is 0. The Balaban J connectivity index is 1.70. The lowest BCUT2D eigenvalue weighted by Crippen LogP contribution is -2.49. The predicted octanol–water partition coefficient (Wildman–Crippen LogP) is 1.73. The molecule has 0 aliphatic carbocycles. The molecule has 0 saturated carbocycles. The van der Waals surface area contributed by atoms with Crippen LogP contribution in [0.3, 0.4) is 0 Å². The number of nitrogens with one attached hydrogen (secondary N) is 1. The SMILES string of the molecule is Cc1ccc(N2CCCC(N(C)C(=O)c3cc(C#N)c[nH]3)C2)nn1. The molecule has 1 unspecified atom stereocenters. The Bertz CT molecular complexity index is 760. The first-order chi connectivity index (χ1) is 11.6. The lowest BCUT2D eigenvalue weighted by Gasteiger charge is -2.37. The third kappa shape index (κ3) is 3.23. The Morgan fingerprint density at radius 2 is 2.29 bits per heavy atom. The lowest BCUT2D eigenvalue weighted by atomic mass is 10.0. The van der Waals surface area contributed by atoms with Gasteiger partial charge in [0.15, 0.2) is 5.82 Å². The normalized spacial score (nSPS) is 17.4. The van der Waals surface area contributed by atoms with Crippen LogP contribution in [-0.2, 0) is 0 Å². The molecule has 2 aromatic rings. The van der Waals surface area contributed by atoms with E-state index in [-0.39, 0.29) is 11.9 Å². The summed E-state index contributed by atoms with van der Waals surface area (Å²) in [5.41, 5.74) is 1.80. The number of rotatable bonds is 3. The molecule has 0 aromatic carbocycles. The number of amides is 1. The van der Waals surface area contributed by atoms with Crippen molar-refractivity contribution in [3.05, 3.63) is 41.3 Å². The molecule has 124 valence electrons. The number of hydrogen-bond donors (Lipinski definition) is 1. The number of carbonyl (C=O) groups excluding carboxylic acids is 1. The minimum atomic E-state index is -0.0988. The fourth-order valence-corrected chi connectivity index (χ4v) is 2.98. The summed E-state index contributed by atoms with van der Waals surface area (Å²) in [4.78, 5) is 19.4. The number of piperidine rings is 1. The van der Waals surface area contributed by atoms with Crippen molar-refractivity contribution in [3.63, 3.8) is 0 Å². The molecule has 0 spiro atoms. The Labute approximate surface area is 140 Å². The van der Waals surface area contributed by atoms with Crippen LogP contribution in [0.15, 0.2) is 24.4 Å². The highest BCUT2D eigenvalue weighted by Gasteiger charge is 2.28. The van der Waals surface area contributed by atoms with Crippen LogP contribution in [0, 0.1) is 18.3 Å². The highest BCUT2D eigenvalue weighted by atomic mass is 16.2. The third-order valence-corrected chi connectivity index (χ3v) is 4.41. The van der Waals surface area contributed by atoms with Crippen molar-refractivity contribution in [1.29, 1.82) is 5.26 Å².